The molecule has 19 heavy (non-hydrogen) atoms. The van der Waals surface area contributed by atoms with Crippen LogP contribution in [0, 0.1) is 5.41 Å². The Morgan fingerprint density at radius 1 is 1.42 bits per heavy atom. The predicted octanol–water partition coefficient (Wildman–Crippen LogP) is 2.27. The van der Waals surface area contributed by atoms with Crippen molar-refractivity contribution < 1.29 is 4.79 Å². The maximum Gasteiger partial charge on any atom is 0.231 e. The summed E-state index contributed by atoms with van der Waals surface area (Å²) in [5.74, 6) is -0.0319. The number of amides is 1. The molecule has 0 aliphatic rings. The van der Waals surface area contributed by atoms with Gasteiger partial charge in [0, 0.05) is 6.54 Å². The van der Waals surface area contributed by atoms with E-state index in [0.717, 1.165) is 29.6 Å². The number of fused-ring (bicyclic) bond motifs is 1. The molecule has 0 spiro atoms. The number of benzene rings is 1. The number of anilines is 1. The first-order valence-electron chi connectivity index (χ1n) is 6.60. The van der Waals surface area contributed by atoms with Gasteiger partial charge in [-0.05, 0) is 25.0 Å². The predicted molar refractivity (Wildman–Crippen MR) is 76.8 cm³/mol. The lowest BCUT2D eigenvalue weighted by Crippen LogP contribution is -2.41. The molecule has 1 heterocycles. The van der Waals surface area contributed by atoms with Crippen molar-refractivity contribution in [3.05, 3.63) is 24.5 Å². The van der Waals surface area contributed by atoms with Crippen LogP contribution in [0.1, 0.15) is 26.7 Å². The molecule has 4 N–H and O–H groups in total. The van der Waals surface area contributed by atoms with E-state index in [1.165, 1.54) is 0 Å². The van der Waals surface area contributed by atoms with Crippen molar-refractivity contribution in [1.82, 2.24) is 9.97 Å². The van der Waals surface area contributed by atoms with Crippen LogP contribution in [0.2, 0.25) is 0 Å². The quantitative estimate of drug-likeness (QED) is 0.771. The largest absolute Gasteiger partial charge is 0.345 e. The minimum absolute atomic E-state index is 0.0319. The summed E-state index contributed by atoms with van der Waals surface area (Å²) in [6.07, 6.45) is 3.07. The van der Waals surface area contributed by atoms with E-state index < -0.39 is 5.41 Å². The number of hydrogen-bond acceptors (Lipinski definition) is 3. The molecule has 5 heteroatoms. The number of carbonyl (C=O) groups is 1. The average Bonchev–Trinajstić information content (AvgIpc) is 2.91. The number of rotatable bonds is 5. The van der Waals surface area contributed by atoms with Crippen molar-refractivity contribution in [2.45, 2.75) is 26.7 Å². The Balaban J connectivity index is 2.30. The first-order chi connectivity index (χ1) is 9.16. The van der Waals surface area contributed by atoms with E-state index in [-0.39, 0.29) is 5.91 Å². The molecule has 0 aliphatic carbocycles. The molecule has 0 unspecified atom stereocenters. The van der Waals surface area contributed by atoms with Gasteiger partial charge in [-0.1, -0.05) is 19.9 Å². The Labute approximate surface area is 112 Å². The van der Waals surface area contributed by atoms with Gasteiger partial charge in [0.15, 0.2) is 0 Å². The highest BCUT2D eigenvalue weighted by molar-refractivity contribution is 6.01. The van der Waals surface area contributed by atoms with Gasteiger partial charge in [-0.25, -0.2) is 4.98 Å². The number of nitrogens with two attached hydrogens (primary N) is 1. The Hall–Kier alpha value is -1.88. The third-order valence-electron chi connectivity index (χ3n) is 3.92. The van der Waals surface area contributed by atoms with Crippen LogP contribution in [0.4, 0.5) is 5.69 Å². The van der Waals surface area contributed by atoms with Crippen LogP contribution in [-0.2, 0) is 4.79 Å². The summed E-state index contributed by atoms with van der Waals surface area (Å²) >= 11 is 0. The van der Waals surface area contributed by atoms with E-state index in [9.17, 15) is 4.79 Å². The molecule has 102 valence electrons. The number of aromatic amines is 1. The van der Waals surface area contributed by atoms with Crippen molar-refractivity contribution in [3.8, 4) is 0 Å². The first kappa shape index (κ1) is 13.5. The van der Waals surface area contributed by atoms with Gasteiger partial charge in [0.1, 0.15) is 5.52 Å². The zero-order valence-electron chi connectivity index (χ0n) is 11.4. The van der Waals surface area contributed by atoms with E-state index >= 15 is 0 Å². The van der Waals surface area contributed by atoms with Crippen LogP contribution in [0.5, 0.6) is 0 Å². The standard InChI is InChI=1S/C14H20N4O/c1-3-14(4-2,8-15)13(19)18-11-7-5-6-10-12(11)17-9-16-10/h5-7,9H,3-4,8,15H2,1-2H3,(H,16,17)(H,18,19). The molecule has 0 radical (unpaired) electrons. The molecule has 0 saturated heterocycles. The summed E-state index contributed by atoms with van der Waals surface area (Å²) < 4.78 is 0. The summed E-state index contributed by atoms with van der Waals surface area (Å²) in [6.45, 7) is 4.33. The third-order valence-corrected chi connectivity index (χ3v) is 3.92. The molecule has 0 saturated carbocycles. The number of H-pyrrole nitrogens is 1. The molecule has 0 aliphatic heterocycles. The van der Waals surface area contributed by atoms with Crippen molar-refractivity contribution in [2.75, 3.05) is 11.9 Å². The minimum Gasteiger partial charge on any atom is -0.345 e. The van der Waals surface area contributed by atoms with Gasteiger partial charge in [0.05, 0.1) is 22.9 Å². The van der Waals surface area contributed by atoms with E-state index in [1.54, 1.807) is 6.33 Å². The fourth-order valence-corrected chi connectivity index (χ4v) is 2.27. The minimum atomic E-state index is -0.502. The highest BCUT2D eigenvalue weighted by Crippen LogP contribution is 2.28. The Kier molecular flexibility index (Phi) is 3.85. The molecule has 0 atom stereocenters. The highest BCUT2D eigenvalue weighted by atomic mass is 16.2. The normalized spacial score (nSPS) is 11.7. The molecule has 1 aromatic carbocycles. The lowest BCUT2D eigenvalue weighted by molar-refractivity contribution is -0.125. The second-order valence-electron chi connectivity index (χ2n) is 4.75. The van der Waals surface area contributed by atoms with E-state index in [2.05, 4.69) is 15.3 Å². The summed E-state index contributed by atoms with van der Waals surface area (Å²) in [6, 6.07) is 5.67. The molecule has 2 aromatic rings. The molecule has 0 bridgehead atoms. The lowest BCUT2D eigenvalue weighted by atomic mass is 9.81. The van der Waals surface area contributed by atoms with Gasteiger partial charge in [-0.2, -0.15) is 0 Å². The van der Waals surface area contributed by atoms with Crippen LogP contribution in [0.15, 0.2) is 24.5 Å². The van der Waals surface area contributed by atoms with Gasteiger partial charge < -0.3 is 16.0 Å². The fourth-order valence-electron chi connectivity index (χ4n) is 2.27. The number of carbonyl (C=O) groups excluding carboxylic acids is 1. The second-order valence-corrected chi connectivity index (χ2v) is 4.75. The maximum absolute atomic E-state index is 12.5. The maximum atomic E-state index is 12.5. The second kappa shape index (κ2) is 5.40. The average molecular weight is 260 g/mol. The van der Waals surface area contributed by atoms with Crippen molar-refractivity contribution in [1.29, 1.82) is 0 Å². The lowest BCUT2D eigenvalue weighted by Gasteiger charge is -2.28. The molecular weight excluding hydrogens is 240 g/mol. The highest BCUT2D eigenvalue weighted by Gasteiger charge is 2.33. The molecule has 2 rings (SSSR count). The number of nitrogens with zero attached hydrogens (tertiary/aromatic N) is 1. The van der Waals surface area contributed by atoms with Gasteiger partial charge in [0.2, 0.25) is 5.91 Å². The number of nitrogens with one attached hydrogen (secondary N) is 2. The monoisotopic (exact) mass is 260 g/mol. The van der Waals surface area contributed by atoms with E-state index in [0.29, 0.717) is 6.54 Å². The molecule has 1 aromatic heterocycles. The van der Waals surface area contributed by atoms with Gasteiger partial charge in [-0.3, -0.25) is 4.79 Å². The van der Waals surface area contributed by atoms with Crippen LogP contribution in [-0.4, -0.2) is 22.4 Å². The van der Waals surface area contributed by atoms with Crippen molar-refractivity contribution in [3.63, 3.8) is 0 Å². The fraction of sp³-hybridized carbons (Fsp3) is 0.429. The number of aromatic nitrogens is 2. The van der Waals surface area contributed by atoms with Crippen LogP contribution >= 0.6 is 0 Å². The number of hydrogen-bond donors (Lipinski definition) is 3. The summed E-state index contributed by atoms with van der Waals surface area (Å²) in [5, 5.41) is 2.96. The summed E-state index contributed by atoms with van der Waals surface area (Å²) in [7, 11) is 0. The number of imidazole rings is 1. The molecule has 5 nitrogen and oxygen atoms in total. The summed E-state index contributed by atoms with van der Waals surface area (Å²) in [4.78, 5) is 19.7. The van der Waals surface area contributed by atoms with Crippen molar-refractivity contribution >= 4 is 22.6 Å². The van der Waals surface area contributed by atoms with E-state index in [4.69, 9.17) is 5.73 Å². The van der Waals surface area contributed by atoms with E-state index in [1.807, 2.05) is 32.0 Å². The SMILES string of the molecule is CCC(CC)(CN)C(=O)Nc1cccc2[nH]cnc12. The van der Waals surface area contributed by atoms with Crippen LogP contribution in [0.25, 0.3) is 11.0 Å². The third kappa shape index (κ3) is 2.33. The smallest absolute Gasteiger partial charge is 0.231 e. The number of para-hydroxylation sites is 1. The Bertz CT molecular complexity index is 563. The molecular formula is C14H20N4O. The van der Waals surface area contributed by atoms with Gasteiger partial charge in [-0.15, -0.1) is 0 Å². The zero-order valence-corrected chi connectivity index (χ0v) is 11.4. The Morgan fingerprint density at radius 2 is 2.16 bits per heavy atom. The van der Waals surface area contributed by atoms with Crippen LogP contribution < -0.4 is 11.1 Å². The van der Waals surface area contributed by atoms with Gasteiger partial charge >= 0.3 is 0 Å². The topological polar surface area (TPSA) is 83.8 Å². The van der Waals surface area contributed by atoms with Crippen molar-refractivity contribution in [2.24, 2.45) is 11.1 Å². The summed E-state index contributed by atoms with van der Waals surface area (Å²) in [5.41, 5.74) is 7.70. The first-order valence-corrected chi connectivity index (χ1v) is 6.60. The zero-order chi connectivity index (χ0) is 13.9. The molecule has 1 amide bonds. The Morgan fingerprint density at radius 3 is 2.79 bits per heavy atom. The molecule has 0 fully saturated rings. The van der Waals surface area contributed by atoms with Crippen LogP contribution in [0.3, 0.4) is 0 Å². The van der Waals surface area contributed by atoms with Gasteiger partial charge in [0.25, 0.3) is 0 Å².